The summed E-state index contributed by atoms with van der Waals surface area (Å²) in [4.78, 5) is 4.03. The van der Waals surface area contributed by atoms with Crippen LogP contribution >= 0.6 is 0 Å². The summed E-state index contributed by atoms with van der Waals surface area (Å²) in [5, 5.41) is 12.2. The molecular weight excluding hydrogens is 152 g/mol. The second kappa shape index (κ2) is 4.72. The highest BCUT2D eigenvalue weighted by molar-refractivity contribution is 5.33. The van der Waals surface area contributed by atoms with E-state index in [-0.39, 0.29) is 0 Å². The van der Waals surface area contributed by atoms with E-state index in [2.05, 4.69) is 10.3 Å². The quantitative estimate of drug-likeness (QED) is 0.668. The number of rotatable bonds is 4. The zero-order valence-electron chi connectivity index (χ0n) is 7.20. The van der Waals surface area contributed by atoms with Crippen molar-refractivity contribution in [3.63, 3.8) is 0 Å². The Morgan fingerprint density at radius 1 is 1.58 bits per heavy atom. The molecule has 1 aromatic rings. The van der Waals surface area contributed by atoms with E-state index in [1.165, 1.54) is 0 Å². The van der Waals surface area contributed by atoms with Gasteiger partial charge in [0.05, 0.1) is 0 Å². The maximum absolute atomic E-state index is 9.35. The molecule has 0 saturated carbocycles. The minimum absolute atomic E-state index is 0.482. The maximum atomic E-state index is 9.35. The Hall–Kier alpha value is -1.09. The number of pyridine rings is 1. The van der Waals surface area contributed by atoms with Crippen molar-refractivity contribution in [2.45, 2.75) is 26.0 Å². The first-order valence-corrected chi connectivity index (χ1v) is 4.18. The number of nitrogens with one attached hydrogen (secondary N) is 1. The number of nitrogens with zero attached hydrogens (tertiary/aromatic N) is 1. The monoisotopic (exact) mass is 166 g/mol. The minimum Gasteiger partial charge on any atom is -0.374 e. The highest BCUT2D eigenvalue weighted by Crippen LogP contribution is 2.04. The van der Waals surface area contributed by atoms with Crippen LogP contribution in [0.2, 0.25) is 0 Å². The van der Waals surface area contributed by atoms with Crippen molar-refractivity contribution in [2.75, 3.05) is 5.32 Å². The number of aliphatic hydroxyl groups excluding tert-OH is 1. The fourth-order valence-corrected chi connectivity index (χ4v) is 0.964. The van der Waals surface area contributed by atoms with E-state index in [1.54, 1.807) is 6.20 Å². The van der Waals surface area contributed by atoms with Gasteiger partial charge in [0.2, 0.25) is 0 Å². The fraction of sp³-hybridized carbons (Fsp3) is 0.444. The van der Waals surface area contributed by atoms with E-state index < -0.39 is 6.23 Å². The third-order valence-corrected chi connectivity index (χ3v) is 1.54. The molecule has 0 amide bonds. The number of aromatic nitrogens is 1. The molecule has 0 fully saturated rings. The van der Waals surface area contributed by atoms with Crippen LogP contribution in [-0.2, 0) is 0 Å². The van der Waals surface area contributed by atoms with Crippen LogP contribution < -0.4 is 5.32 Å². The Bertz CT molecular complexity index is 213. The number of aliphatic hydroxyl groups is 1. The average molecular weight is 166 g/mol. The predicted molar refractivity (Wildman–Crippen MR) is 48.8 cm³/mol. The average Bonchev–Trinajstić information content (AvgIpc) is 2.06. The molecule has 0 aliphatic rings. The summed E-state index contributed by atoms with van der Waals surface area (Å²) in [6, 6.07) is 5.56. The van der Waals surface area contributed by atoms with Crippen molar-refractivity contribution >= 4 is 5.82 Å². The molecule has 0 radical (unpaired) electrons. The summed E-state index contributed by atoms with van der Waals surface area (Å²) in [6.45, 7) is 2.03. The van der Waals surface area contributed by atoms with Crippen LogP contribution in [0.25, 0.3) is 0 Å². The number of hydrogen-bond acceptors (Lipinski definition) is 3. The molecule has 0 aliphatic carbocycles. The van der Waals surface area contributed by atoms with Gasteiger partial charge in [-0.2, -0.15) is 0 Å². The Kier molecular flexibility index (Phi) is 3.54. The minimum atomic E-state index is -0.482. The van der Waals surface area contributed by atoms with Crippen molar-refractivity contribution in [3.8, 4) is 0 Å². The molecule has 0 spiro atoms. The molecule has 1 atom stereocenters. The van der Waals surface area contributed by atoms with E-state index >= 15 is 0 Å². The van der Waals surface area contributed by atoms with E-state index in [0.717, 1.165) is 18.7 Å². The van der Waals surface area contributed by atoms with Gasteiger partial charge in [-0.15, -0.1) is 0 Å². The van der Waals surface area contributed by atoms with Gasteiger partial charge in [-0.05, 0) is 18.6 Å². The molecule has 1 rings (SSSR count). The van der Waals surface area contributed by atoms with Crippen LogP contribution in [0.15, 0.2) is 24.4 Å². The van der Waals surface area contributed by atoms with Crippen molar-refractivity contribution in [1.82, 2.24) is 4.98 Å². The molecule has 1 aromatic heterocycles. The number of anilines is 1. The molecule has 66 valence electrons. The molecule has 1 heterocycles. The molecule has 0 aromatic carbocycles. The summed E-state index contributed by atoms with van der Waals surface area (Å²) in [7, 11) is 0. The molecule has 3 heteroatoms. The highest BCUT2D eigenvalue weighted by Gasteiger charge is 2.00. The first-order chi connectivity index (χ1) is 5.83. The second-order valence-corrected chi connectivity index (χ2v) is 2.66. The third-order valence-electron chi connectivity index (χ3n) is 1.54. The van der Waals surface area contributed by atoms with Crippen molar-refractivity contribution < 1.29 is 5.11 Å². The van der Waals surface area contributed by atoms with E-state index in [0.29, 0.717) is 0 Å². The van der Waals surface area contributed by atoms with Gasteiger partial charge in [0, 0.05) is 6.20 Å². The zero-order valence-corrected chi connectivity index (χ0v) is 7.20. The molecule has 3 nitrogen and oxygen atoms in total. The van der Waals surface area contributed by atoms with Gasteiger partial charge >= 0.3 is 0 Å². The molecule has 0 bridgehead atoms. The molecule has 0 aliphatic heterocycles. The fourth-order valence-electron chi connectivity index (χ4n) is 0.964. The topological polar surface area (TPSA) is 45.1 Å². The lowest BCUT2D eigenvalue weighted by molar-refractivity contribution is 0.191. The largest absolute Gasteiger partial charge is 0.374 e. The highest BCUT2D eigenvalue weighted by atomic mass is 16.3. The summed E-state index contributed by atoms with van der Waals surface area (Å²) >= 11 is 0. The predicted octanol–water partition coefficient (Wildman–Crippen LogP) is 1.61. The van der Waals surface area contributed by atoms with Crippen molar-refractivity contribution in [1.29, 1.82) is 0 Å². The summed E-state index contributed by atoms with van der Waals surface area (Å²) in [6.07, 6.45) is 2.92. The standard InChI is InChI=1S/C9H14N2O/c1-2-5-9(12)11-8-6-3-4-7-10-8/h3-4,6-7,9,12H,2,5H2,1H3,(H,10,11). The first-order valence-electron chi connectivity index (χ1n) is 4.18. The summed E-state index contributed by atoms with van der Waals surface area (Å²) < 4.78 is 0. The molecule has 0 saturated heterocycles. The van der Waals surface area contributed by atoms with Crippen LogP contribution in [0.1, 0.15) is 19.8 Å². The summed E-state index contributed by atoms with van der Waals surface area (Å²) in [5.41, 5.74) is 0. The Morgan fingerprint density at radius 2 is 2.42 bits per heavy atom. The van der Waals surface area contributed by atoms with Crippen molar-refractivity contribution in [2.24, 2.45) is 0 Å². The molecule has 1 unspecified atom stereocenters. The first kappa shape index (κ1) is 9.00. The lowest BCUT2D eigenvalue weighted by atomic mass is 10.3. The maximum Gasteiger partial charge on any atom is 0.127 e. The van der Waals surface area contributed by atoms with Gasteiger partial charge in [0.1, 0.15) is 12.0 Å². The number of hydrogen-bond donors (Lipinski definition) is 2. The summed E-state index contributed by atoms with van der Waals surface area (Å²) in [5.74, 6) is 0.721. The van der Waals surface area contributed by atoms with E-state index in [4.69, 9.17) is 0 Å². The van der Waals surface area contributed by atoms with Gasteiger partial charge < -0.3 is 10.4 Å². The van der Waals surface area contributed by atoms with Crippen LogP contribution in [0.4, 0.5) is 5.82 Å². The SMILES string of the molecule is CCCC(O)Nc1ccccn1. The van der Waals surface area contributed by atoms with Crippen molar-refractivity contribution in [3.05, 3.63) is 24.4 Å². The lowest BCUT2D eigenvalue weighted by Crippen LogP contribution is -2.18. The van der Waals surface area contributed by atoms with Gasteiger partial charge in [-0.1, -0.05) is 19.4 Å². The Balaban J connectivity index is 2.41. The van der Waals surface area contributed by atoms with E-state index in [1.807, 2.05) is 25.1 Å². The Morgan fingerprint density at radius 3 is 3.00 bits per heavy atom. The van der Waals surface area contributed by atoms with Crippen LogP contribution in [-0.4, -0.2) is 16.3 Å². The normalized spacial score (nSPS) is 12.5. The Labute approximate surface area is 72.5 Å². The van der Waals surface area contributed by atoms with Gasteiger partial charge in [0.25, 0.3) is 0 Å². The van der Waals surface area contributed by atoms with Gasteiger partial charge in [-0.25, -0.2) is 4.98 Å². The third kappa shape index (κ3) is 2.88. The zero-order chi connectivity index (χ0) is 8.81. The van der Waals surface area contributed by atoms with Crippen LogP contribution in [0.3, 0.4) is 0 Å². The van der Waals surface area contributed by atoms with Gasteiger partial charge in [0.15, 0.2) is 0 Å². The smallest absolute Gasteiger partial charge is 0.127 e. The van der Waals surface area contributed by atoms with E-state index in [9.17, 15) is 5.11 Å². The lowest BCUT2D eigenvalue weighted by Gasteiger charge is -2.11. The second-order valence-electron chi connectivity index (χ2n) is 2.66. The van der Waals surface area contributed by atoms with Crippen LogP contribution in [0.5, 0.6) is 0 Å². The molecule has 12 heavy (non-hydrogen) atoms. The van der Waals surface area contributed by atoms with Crippen LogP contribution in [0, 0.1) is 0 Å². The molecule has 2 N–H and O–H groups in total. The van der Waals surface area contributed by atoms with Gasteiger partial charge in [-0.3, -0.25) is 0 Å². The molecular formula is C9H14N2O.